The molecule has 0 unspecified atom stereocenters. The van der Waals surface area contributed by atoms with E-state index in [0.717, 1.165) is 16.7 Å². The molecule has 0 fully saturated rings. The molecule has 0 radical (unpaired) electrons. The van der Waals surface area contributed by atoms with Gasteiger partial charge < -0.3 is 9.47 Å². The normalized spacial score (nSPS) is 11.0. The van der Waals surface area contributed by atoms with E-state index in [1.54, 1.807) is 6.92 Å². The average molecular weight is 264 g/mol. The van der Waals surface area contributed by atoms with Crippen molar-refractivity contribution >= 4 is 11.9 Å². The van der Waals surface area contributed by atoms with E-state index in [-0.39, 0.29) is 6.42 Å². The predicted molar refractivity (Wildman–Crippen MR) is 71.8 cm³/mol. The maximum Gasteiger partial charge on any atom is 0.323 e. The van der Waals surface area contributed by atoms with Crippen molar-refractivity contribution in [3.63, 3.8) is 0 Å². The molecule has 0 saturated carbocycles. The van der Waals surface area contributed by atoms with Crippen LogP contribution in [0.5, 0.6) is 0 Å². The maximum atomic E-state index is 11.9. The Labute approximate surface area is 113 Å². The molecular formula is C15H20O4. The van der Waals surface area contributed by atoms with Gasteiger partial charge in [-0.15, -0.1) is 0 Å². The first kappa shape index (κ1) is 15.2. The van der Waals surface area contributed by atoms with Crippen LogP contribution < -0.4 is 0 Å². The van der Waals surface area contributed by atoms with Gasteiger partial charge in [0.05, 0.1) is 14.2 Å². The average Bonchev–Trinajstić information content (AvgIpc) is 2.39. The van der Waals surface area contributed by atoms with Crippen molar-refractivity contribution in [2.45, 2.75) is 27.2 Å². The maximum absolute atomic E-state index is 11.9. The molecule has 1 aromatic rings. The van der Waals surface area contributed by atoms with Crippen LogP contribution in [0.3, 0.4) is 0 Å². The van der Waals surface area contributed by atoms with E-state index in [2.05, 4.69) is 0 Å². The number of esters is 2. The molecule has 0 N–H and O–H groups in total. The summed E-state index contributed by atoms with van der Waals surface area (Å²) < 4.78 is 9.47. The quantitative estimate of drug-likeness (QED) is 0.618. The van der Waals surface area contributed by atoms with Crippen molar-refractivity contribution in [1.29, 1.82) is 0 Å². The van der Waals surface area contributed by atoms with Gasteiger partial charge in [0.25, 0.3) is 0 Å². The Morgan fingerprint density at radius 3 is 2.05 bits per heavy atom. The lowest BCUT2D eigenvalue weighted by Crippen LogP contribution is -2.40. The highest BCUT2D eigenvalue weighted by molar-refractivity contribution is 5.99. The summed E-state index contributed by atoms with van der Waals surface area (Å²) in [6.07, 6.45) is 0.262. The smallest absolute Gasteiger partial charge is 0.323 e. The van der Waals surface area contributed by atoms with E-state index < -0.39 is 17.4 Å². The first-order chi connectivity index (χ1) is 8.85. The van der Waals surface area contributed by atoms with Gasteiger partial charge in [0.1, 0.15) is 0 Å². The summed E-state index contributed by atoms with van der Waals surface area (Å²) in [7, 11) is 2.54. The van der Waals surface area contributed by atoms with Crippen molar-refractivity contribution in [1.82, 2.24) is 0 Å². The van der Waals surface area contributed by atoms with Gasteiger partial charge in [-0.05, 0) is 38.3 Å². The third-order valence-electron chi connectivity index (χ3n) is 3.31. The molecule has 0 spiro atoms. The lowest BCUT2D eigenvalue weighted by Gasteiger charge is -2.24. The SMILES string of the molecule is COC(=O)C(C)(Cc1ccc(C)cc1C)C(=O)OC. The van der Waals surface area contributed by atoms with Crippen molar-refractivity contribution in [2.24, 2.45) is 5.41 Å². The monoisotopic (exact) mass is 264 g/mol. The molecule has 0 aromatic heterocycles. The van der Waals surface area contributed by atoms with Gasteiger partial charge in [0.15, 0.2) is 5.41 Å². The molecule has 1 aromatic carbocycles. The molecule has 0 aliphatic heterocycles. The van der Waals surface area contributed by atoms with E-state index >= 15 is 0 Å². The van der Waals surface area contributed by atoms with Crippen LogP contribution in [0.2, 0.25) is 0 Å². The Hall–Kier alpha value is -1.84. The summed E-state index contributed by atoms with van der Waals surface area (Å²) in [6.45, 7) is 5.50. The lowest BCUT2D eigenvalue weighted by molar-refractivity contribution is -0.167. The Morgan fingerprint density at radius 1 is 1.11 bits per heavy atom. The second kappa shape index (κ2) is 5.87. The lowest BCUT2D eigenvalue weighted by atomic mass is 9.82. The summed E-state index contributed by atoms with van der Waals surface area (Å²) >= 11 is 0. The van der Waals surface area contributed by atoms with E-state index in [9.17, 15) is 9.59 Å². The molecule has 0 bridgehead atoms. The van der Waals surface area contributed by atoms with Crippen molar-refractivity contribution in [3.05, 3.63) is 34.9 Å². The molecule has 0 heterocycles. The Kier molecular flexibility index (Phi) is 4.70. The molecule has 0 amide bonds. The highest BCUT2D eigenvalue weighted by Gasteiger charge is 2.44. The summed E-state index contributed by atoms with van der Waals surface area (Å²) in [5.41, 5.74) is 1.80. The number of carbonyl (C=O) groups excluding carboxylic acids is 2. The zero-order valence-corrected chi connectivity index (χ0v) is 12.1. The molecule has 4 heteroatoms. The highest BCUT2D eigenvalue weighted by atomic mass is 16.5. The van der Waals surface area contributed by atoms with Crippen molar-refractivity contribution < 1.29 is 19.1 Å². The Morgan fingerprint density at radius 2 is 1.63 bits per heavy atom. The van der Waals surface area contributed by atoms with E-state index in [1.165, 1.54) is 14.2 Å². The zero-order valence-electron chi connectivity index (χ0n) is 12.1. The molecule has 0 aliphatic rings. The van der Waals surface area contributed by atoms with Crippen LogP contribution >= 0.6 is 0 Å². The van der Waals surface area contributed by atoms with E-state index in [4.69, 9.17) is 9.47 Å². The second-order valence-electron chi connectivity index (χ2n) is 4.92. The molecule has 4 nitrogen and oxygen atoms in total. The van der Waals surface area contributed by atoms with Gasteiger partial charge in [-0.1, -0.05) is 23.8 Å². The fourth-order valence-electron chi connectivity index (χ4n) is 2.10. The minimum Gasteiger partial charge on any atom is -0.468 e. The molecule has 1 rings (SSSR count). The van der Waals surface area contributed by atoms with Crippen LogP contribution in [0, 0.1) is 19.3 Å². The van der Waals surface area contributed by atoms with Gasteiger partial charge in [-0.2, -0.15) is 0 Å². The van der Waals surface area contributed by atoms with Crippen LogP contribution in [-0.2, 0) is 25.5 Å². The molecule has 0 saturated heterocycles. The van der Waals surface area contributed by atoms with Crippen LogP contribution in [0.1, 0.15) is 23.6 Å². The summed E-state index contributed by atoms with van der Waals surface area (Å²) in [4.78, 5) is 23.8. The number of ether oxygens (including phenoxy) is 2. The number of aryl methyl sites for hydroxylation is 2. The summed E-state index contributed by atoms with van der Waals surface area (Å²) in [5, 5.41) is 0. The minimum atomic E-state index is -1.32. The van der Waals surface area contributed by atoms with Crippen LogP contribution in [-0.4, -0.2) is 26.2 Å². The number of rotatable bonds is 4. The van der Waals surface area contributed by atoms with Gasteiger partial charge in [-0.3, -0.25) is 9.59 Å². The first-order valence-corrected chi connectivity index (χ1v) is 6.08. The molecule has 0 aliphatic carbocycles. The van der Waals surface area contributed by atoms with E-state index in [1.807, 2.05) is 32.0 Å². The second-order valence-corrected chi connectivity index (χ2v) is 4.92. The van der Waals surface area contributed by atoms with Crippen molar-refractivity contribution in [2.75, 3.05) is 14.2 Å². The molecule has 104 valence electrons. The Bertz CT molecular complexity index is 475. The predicted octanol–water partition coefficient (Wildman–Crippen LogP) is 2.20. The fraction of sp³-hybridized carbons (Fsp3) is 0.467. The van der Waals surface area contributed by atoms with Gasteiger partial charge >= 0.3 is 11.9 Å². The number of hydrogen-bond acceptors (Lipinski definition) is 4. The number of hydrogen-bond donors (Lipinski definition) is 0. The number of carbonyl (C=O) groups is 2. The molecule has 0 atom stereocenters. The van der Waals surface area contributed by atoms with Crippen LogP contribution in [0.25, 0.3) is 0 Å². The standard InChI is InChI=1S/C15H20O4/c1-10-6-7-12(11(2)8-10)9-15(3,13(16)18-4)14(17)19-5/h6-8H,9H2,1-5H3. The molecule has 19 heavy (non-hydrogen) atoms. The van der Waals surface area contributed by atoms with Crippen LogP contribution in [0.15, 0.2) is 18.2 Å². The minimum absolute atomic E-state index is 0.262. The third-order valence-corrected chi connectivity index (χ3v) is 3.31. The van der Waals surface area contributed by atoms with Gasteiger partial charge in [0.2, 0.25) is 0 Å². The first-order valence-electron chi connectivity index (χ1n) is 6.08. The van der Waals surface area contributed by atoms with Crippen molar-refractivity contribution in [3.8, 4) is 0 Å². The highest BCUT2D eigenvalue weighted by Crippen LogP contribution is 2.28. The third kappa shape index (κ3) is 3.13. The Balaban J connectivity index is 3.14. The van der Waals surface area contributed by atoms with Gasteiger partial charge in [-0.25, -0.2) is 0 Å². The van der Waals surface area contributed by atoms with Gasteiger partial charge in [0, 0.05) is 0 Å². The van der Waals surface area contributed by atoms with Crippen LogP contribution in [0.4, 0.5) is 0 Å². The largest absolute Gasteiger partial charge is 0.468 e. The zero-order chi connectivity index (χ0) is 14.6. The summed E-state index contributed by atoms with van der Waals surface area (Å²) in [6, 6.07) is 5.90. The summed E-state index contributed by atoms with van der Waals surface area (Å²) in [5.74, 6) is -1.17. The number of methoxy groups -OCH3 is 2. The topological polar surface area (TPSA) is 52.6 Å². The number of benzene rings is 1. The van der Waals surface area contributed by atoms with E-state index in [0.29, 0.717) is 0 Å². The molecular weight excluding hydrogens is 244 g/mol. The fourth-order valence-corrected chi connectivity index (χ4v) is 2.10.